The number of carbonyl (C=O) groups is 2. The Morgan fingerprint density at radius 3 is 2.04 bits per heavy atom. The van der Waals surface area contributed by atoms with Gasteiger partial charge in [0.15, 0.2) is 13.4 Å². The van der Waals surface area contributed by atoms with E-state index in [-0.39, 0.29) is 22.5 Å². The van der Waals surface area contributed by atoms with E-state index in [0.717, 1.165) is 0 Å². The normalized spacial score (nSPS) is 14.3. The Labute approximate surface area is 147 Å². The smallest absolute Gasteiger partial charge is 0.407 e. The third-order valence-electron chi connectivity index (χ3n) is 3.88. The SMILES string of the molecule is CC(C)(C)OC(=O)NC[C@@H](CO[Si](C)(C)C(C)(C)C)CC(=O)S. The zero-order valence-electron chi connectivity index (χ0n) is 15.8. The van der Waals surface area contributed by atoms with Gasteiger partial charge in [0.05, 0.1) is 0 Å². The van der Waals surface area contributed by atoms with Gasteiger partial charge in [0.2, 0.25) is 0 Å². The Hall–Kier alpha value is -0.533. The molecule has 0 aromatic heterocycles. The van der Waals surface area contributed by atoms with E-state index >= 15 is 0 Å². The van der Waals surface area contributed by atoms with Gasteiger partial charge in [0, 0.05) is 25.5 Å². The molecule has 0 saturated carbocycles. The maximum absolute atomic E-state index is 11.7. The van der Waals surface area contributed by atoms with E-state index in [2.05, 4.69) is 51.8 Å². The average Bonchev–Trinajstić information content (AvgIpc) is 2.28. The number of amides is 1. The topological polar surface area (TPSA) is 64.6 Å². The van der Waals surface area contributed by atoms with Crippen LogP contribution in [0.15, 0.2) is 0 Å². The van der Waals surface area contributed by atoms with Crippen LogP contribution in [0, 0.1) is 5.92 Å². The second kappa shape index (κ2) is 8.53. The molecule has 0 aromatic carbocycles. The largest absolute Gasteiger partial charge is 0.444 e. The minimum absolute atomic E-state index is 0.0983. The first-order chi connectivity index (χ1) is 10.1. The van der Waals surface area contributed by atoms with Crippen LogP contribution in [0.1, 0.15) is 48.0 Å². The van der Waals surface area contributed by atoms with Gasteiger partial charge in [-0.15, -0.1) is 12.6 Å². The fourth-order valence-electron chi connectivity index (χ4n) is 1.52. The monoisotopic (exact) mass is 363 g/mol. The van der Waals surface area contributed by atoms with Crippen molar-refractivity contribution in [3.05, 3.63) is 0 Å². The summed E-state index contributed by atoms with van der Waals surface area (Å²) in [6.45, 7) is 17.0. The van der Waals surface area contributed by atoms with Gasteiger partial charge in [-0.1, -0.05) is 20.8 Å². The van der Waals surface area contributed by atoms with Crippen LogP contribution in [0.2, 0.25) is 18.1 Å². The molecule has 0 heterocycles. The molecule has 0 aliphatic carbocycles. The second-order valence-electron chi connectivity index (χ2n) is 8.42. The molecule has 1 atom stereocenters. The zero-order valence-corrected chi connectivity index (χ0v) is 17.7. The highest BCUT2D eigenvalue weighted by Gasteiger charge is 2.37. The predicted molar refractivity (Wildman–Crippen MR) is 99.5 cm³/mol. The number of hydrogen-bond acceptors (Lipinski definition) is 4. The molecule has 0 spiro atoms. The molecule has 136 valence electrons. The number of carbonyl (C=O) groups excluding carboxylic acids is 2. The standard InChI is InChI=1S/C16H33NO4SSi/c1-15(2,3)21-14(19)17-10-12(9-13(18)22)11-20-23(7,8)16(4,5)6/h12H,9-11H2,1-8H3,(H,17,19)(H,18,22)/t12-/m0/s1. The third-order valence-corrected chi connectivity index (χ3v) is 8.57. The molecule has 0 aliphatic rings. The highest BCUT2D eigenvalue weighted by Crippen LogP contribution is 2.36. The number of nitrogens with one attached hydrogen (secondary N) is 1. The summed E-state index contributed by atoms with van der Waals surface area (Å²) in [6.07, 6.45) is -0.227. The summed E-state index contributed by atoms with van der Waals surface area (Å²) in [5.41, 5.74) is -0.545. The number of rotatable bonds is 7. The first-order valence-corrected chi connectivity index (χ1v) is 11.3. The Morgan fingerprint density at radius 2 is 1.65 bits per heavy atom. The summed E-state index contributed by atoms with van der Waals surface area (Å²) in [4.78, 5) is 23.1. The van der Waals surface area contributed by atoms with E-state index < -0.39 is 20.0 Å². The molecule has 0 rings (SSSR count). The molecule has 7 heteroatoms. The molecule has 5 nitrogen and oxygen atoms in total. The molecule has 0 aliphatic heterocycles. The lowest BCUT2D eigenvalue weighted by molar-refractivity contribution is -0.111. The fraction of sp³-hybridized carbons (Fsp3) is 0.875. The molecular weight excluding hydrogens is 330 g/mol. The molecule has 0 aromatic rings. The molecule has 1 N–H and O–H groups in total. The van der Waals surface area contributed by atoms with Gasteiger partial charge < -0.3 is 14.5 Å². The molecule has 0 bridgehead atoms. The number of ether oxygens (including phenoxy) is 1. The van der Waals surface area contributed by atoms with Crippen LogP contribution in [-0.4, -0.2) is 38.3 Å². The molecule has 0 fully saturated rings. The number of alkyl carbamates (subject to hydrolysis) is 1. The Balaban J connectivity index is 4.60. The van der Waals surface area contributed by atoms with E-state index in [1.165, 1.54) is 0 Å². The minimum atomic E-state index is -1.89. The van der Waals surface area contributed by atoms with Crippen molar-refractivity contribution in [1.29, 1.82) is 0 Å². The second-order valence-corrected chi connectivity index (χ2v) is 13.7. The van der Waals surface area contributed by atoms with Crippen molar-refractivity contribution in [2.45, 2.75) is 71.7 Å². The summed E-state index contributed by atoms with van der Waals surface area (Å²) in [6, 6.07) is 0. The number of hydrogen-bond donors (Lipinski definition) is 2. The van der Waals surface area contributed by atoms with Crippen LogP contribution in [0.5, 0.6) is 0 Å². The van der Waals surface area contributed by atoms with E-state index in [1.807, 2.05) is 20.8 Å². The maximum atomic E-state index is 11.7. The first kappa shape index (κ1) is 22.5. The Bertz CT molecular complexity index is 413. The van der Waals surface area contributed by atoms with Crippen molar-refractivity contribution in [2.75, 3.05) is 13.2 Å². The average molecular weight is 364 g/mol. The van der Waals surface area contributed by atoms with Gasteiger partial charge in [0.1, 0.15) is 5.60 Å². The van der Waals surface area contributed by atoms with Gasteiger partial charge in [0.25, 0.3) is 0 Å². The molecule has 0 radical (unpaired) electrons. The lowest BCUT2D eigenvalue weighted by Crippen LogP contribution is -2.43. The van der Waals surface area contributed by atoms with E-state index in [9.17, 15) is 9.59 Å². The molecule has 1 amide bonds. The Morgan fingerprint density at radius 1 is 1.13 bits per heavy atom. The van der Waals surface area contributed by atoms with E-state index in [4.69, 9.17) is 9.16 Å². The summed E-state index contributed by atoms with van der Waals surface area (Å²) in [5, 5.41) is 2.60. The summed E-state index contributed by atoms with van der Waals surface area (Å²) in [5.74, 6) is -0.110. The Kier molecular flexibility index (Phi) is 8.33. The van der Waals surface area contributed by atoms with Gasteiger partial charge in [-0.2, -0.15) is 0 Å². The van der Waals surface area contributed by atoms with Crippen LogP contribution in [-0.2, 0) is 14.0 Å². The van der Waals surface area contributed by atoms with Gasteiger partial charge >= 0.3 is 6.09 Å². The van der Waals surface area contributed by atoms with Crippen LogP contribution in [0.4, 0.5) is 4.79 Å². The highest BCUT2D eigenvalue weighted by molar-refractivity contribution is 7.96. The van der Waals surface area contributed by atoms with Crippen molar-refractivity contribution in [3.8, 4) is 0 Å². The van der Waals surface area contributed by atoms with Crippen LogP contribution in [0.25, 0.3) is 0 Å². The van der Waals surface area contributed by atoms with Crippen molar-refractivity contribution in [1.82, 2.24) is 5.32 Å². The summed E-state index contributed by atoms with van der Waals surface area (Å²) in [7, 11) is -1.89. The van der Waals surface area contributed by atoms with Crippen molar-refractivity contribution >= 4 is 32.2 Å². The molecular formula is C16H33NO4SSi. The fourth-order valence-corrected chi connectivity index (χ4v) is 2.87. The molecule has 23 heavy (non-hydrogen) atoms. The third kappa shape index (κ3) is 10.0. The van der Waals surface area contributed by atoms with Crippen molar-refractivity contribution < 1.29 is 18.8 Å². The van der Waals surface area contributed by atoms with E-state index in [0.29, 0.717) is 13.2 Å². The maximum Gasteiger partial charge on any atom is 0.407 e. The predicted octanol–water partition coefficient (Wildman–Crippen LogP) is 4.00. The quantitative estimate of drug-likeness (QED) is 0.530. The van der Waals surface area contributed by atoms with Crippen molar-refractivity contribution in [2.24, 2.45) is 5.92 Å². The van der Waals surface area contributed by atoms with Gasteiger partial charge in [-0.05, 0) is 38.9 Å². The van der Waals surface area contributed by atoms with Crippen LogP contribution < -0.4 is 5.32 Å². The number of thiol groups is 1. The first-order valence-electron chi connectivity index (χ1n) is 7.96. The summed E-state index contributed by atoms with van der Waals surface area (Å²) < 4.78 is 11.4. The summed E-state index contributed by atoms with van der Waals surface area (Å²) >= 11 is 3.85. The lowest BCUT2D eigenvalue weighted by atomic mass is 10.1. The van der Waals surface area contributed by atoms with Crippen LogP contribution in [0.3, 0.4) is 0 Å². The zero-order chi connectivity index (χ0) is 18.5. The highest BCUT2D eigenvalue weighted by atomic mass is 32.1. The molecule has 0 saturated heterocycles. The van der Waals surface area contributed by atoms with Gasteiger partial charge in [-0.3, -0.25) is 4.79 Å². The van der Waals surface area contributed by atoms with E-state index in [1.54, 1.807) is 0 Å². The van der Waals surface area contributed by atoms with Crippen LogP contribution >= 0.6 is 12.6 Å². The van der Waals surface area contributed by atoms with Gasteiger partial charge in [-0.25, -0.2) is 4.79 Å². The molecule has 0 unspecified atom stereocenters. The lowest BCUT2D eigenvalue weighted by Gasteiger charge is -2.37. The minimum Gasteiger partial charge on any atom is -0.444 e. The van der Waals surface area contributed by atoms with Crippen molar-refractivity contribution in [3.63, 3.8) is 0 Å².